The maximum absolute atomic E-state index is 9.20. The van der Waals surface area contributed by atoms with Gasteiger partial charge in [-0.1, -0.05) is 34.6 Å². The number of rotatable bonds is 5. The summed E-state index contributed by atoms with van der Waals surface area (Å²) in [5.74, 6) is 1.76. The Morgan fingerprint density at radius 3 is 2.06 bits per heavy atom. The summed E-state index contributed by atoms with van der Waals surface area (Å²) in [6.07, 6.45) is 6.21. The van der Waals surface area contributed by atoms with E-state index in [-0.39, 0.29) is 12.0 Å². The van der Waals surface area contributed by atoms with Crippen molar-refractivity contribution in [2.24, 2.45) is 17.3 Å². The van der Waals surface area contributed by atoms with Gasteiger partial charge >= 0.3 is 0 Å². The van der Waals surface area contributed by atoms with E-state index in [2.05, 4.69) is 39.9 Å². The molecule has 1 atom stereocenters. The standard InChI is InChI=1S/C16H33NO/c1-12(2)13-6-8-14(9-7-13)17-15(10-11-18)16(3,4)5/h12-15,17-18H,6-11H2,1-5H3. The summed E-state index contributed by atoms with van der Waals surface area (Å²) in [6, 6.07) is 1.10. The Labute approximate surface area is 114 Å². The van der Waals surface area contributed by atoms with Gasteiger partial charge in [0.25, 0.3) is 0 Å². The molecule has 0 aromatic rings. The molecular weight excluding hydrogens is 222 g/mol. The Hall–Kier alpha value is -0.0800. The predicted molar refractivity (Wildman–Crippen MR) is 78.7 cm³/mol. The molecule has 2 N–H and O–H groups in total. The van der Waals surface area contributed by atoms with Crippen molar-refractivity contribution in [2.45, 2.75) is 78.8 Å². The van der Waals surface area contributed by atoms with Crippen LogP contribution in [-0.4, -0.2) is 23.8 Å². The first-order chi connectivity index (χ1) is 8.34. The lowest BCUT2D eigenvalue weighted by Gasteiger charge is -2.38. The van der Waals surface area contributed by atoms with Crippen LogP contribution in [0.3, 0.4) is 0 Å². The van der Waals surface area contributed by atoms with Crippen molar-refractivity contribution >= 4 is 0 Å². The average Bonchev–Trinajstić information content (AvgIpc) is 2.28. The molecule has 0 aliphatic heterocycles. The van der Waals surface area contributed by atoms with Gasteiger partial charge in [-0.15, -0.1) is 0 Å². The summed E-state index contributed by atoms with van der Waals surface area (Å²) in [7, 11) is 0. The molecule has 2 nitrogen and oxygen atoms in total. The van der Waals surface area contributed by atoms with E-state index in [0.717, 1.165) is 18.3 Å². The molecule has 0 spiro atoms. The largest absolute Gasteiger partial charge is 0.396 e. The van der Waals surface area contributed by atoms with Gasteiger partial charge in [0.15, 0.2) is 0 Å². The van der Waals surface area contributed by atoms with Crippen LogP contribution in [0.15, 0.2) is 0 Å². The Morgan fingerprint density at radius 2 is 1.67 bits per heavy atom. The van der Waals surface area contributed by atoms with Gasteiger partial charge in [0.05, 0.1) is 0 Å². The van der Waals surface area contributed by atoms with Crippen LogP contribution < -0.4 is 5.32 Å². The maximum Gasteiger partial charge on any atom is 0.0446 e. The monoisotopic (exact) mass is 255 g/mol. The molecule has 1 aliphatic carbocycles. The summed E-state index contributed by atoms with van der Waals surface area (Å²) >= 11 is 0. The molecule has 0 aromatic heterocycles. The fourth-order valence-corrected chi connectivity index (χ4v) is 3.13. The van der Waals surface area contributed by atoms with E-state index >= 15 is 0 Å². The number of aliphatic hydroxyl groups excluding tert-OH is 1. The van der Waals surface area contributed by atoms with Crippen molar-refractivity contribution in [3.8, 4) is 0 Å². The molecule has 1 unspecified atom stereocenters. The van der Waals surface area contributed by atoms with E-state index in [1.54, 1.807) is 0 Å². The maximum atomic E-state index is 9.20. The molecule has 1 rings (SSSR count). The fourth-order valence-electron chi connectivity index (χ4n) is 3.13. The fraction of sp³-hybridized carbons (Fsp3) is 1.00. The molecule has 0 saturated heterocycles. The number of nitrogens with one attached hydrogen (secondary N) is 1. The Morgan fingerprint density at radius 1 is 1.11 bits per heavy atom. The van der Waals surface area contributed by atoms with E-state index in [9.17, 15) is 5.11 Å². The zero-order valence-electron chi connectivity index (χ0n) is 13.0. The van der Waals surface area contributed by atoms with Crippen LogP contribution in [0.1, 0.15) is 66.7 Å². The van der Waals surface area contributed by atoms with E-state index in [0.29, 0.717) is 12.1 Å². The second-order valence-corrected chi connectivity index (χ2v) is 7.45. The van der Waals surface area contributed by atoms with Crippen molar-refractivity contribution < 1.29 is 5.11 Å². The Bertz CT molecular complexity index is 224. The summed E-state index contributed by atoms with van der Waals surface area (Å²) in [5, 5.41) is 13.0. The van der Waals surface area contributed by atoms with E-state index in [1.807, 2.05) is 0 Å². The zero-order chi connectivity index (χ0) is 13.8. The van der Waals surface area contributed by atoms with Gasteiger partial charge in [-0.25, -0.2) is 0 Å². The lowest BCUT2D eigenvalue weighted by Crippen LogP contribution is -2.47. The molecule has 108 valence electrons. The minimum absolute atomic E-state index is 0.234. The van der Waals surface area contributed by atoms with Crippen molar-refractivity contribution in [2.75, 3.05) is 6.61 Å². The second kappa shape index (κ2) is 6.91. The van der Waals surface area contributed by atoms with Gasteiger partial charge in [0, 0.05) is 18.7 Å². The lowest BCUT2D eigenvalue weighted by molar-refractivity contribution is 0.159. The van der Waals surface area contributed by atoms with Gasteiger partial charge in [0.1, 0.15) is 0 Å². The highest BCUT2D eigenvalue weighted by Gasteiger charge is 2.29. The molecule has 0 radical (unpaired) electrons. The first-order valence-corrected chi connectivity index (χ1v) is 7.71. The predicted octanol–water partition coefficient (Wildman–Crippen LogP) is 3.59. The van der Waals surface area contributed by atoms with Crippen LogP contribution in [0, 0.1) is 17.3 Å². The molecule has 0 aromatic carbocycles. The smallest absolute Gasteiger partial charge is 0.0446 e. The molecule has 0 bridgehead atoms. The Kier molecular flexibility index (Phi) is 6.13. The molecular formula is C16H33NO. The number of aliphatic hydroxyl groups is 1. The van der Waals surface area contributed by atoms with Gasteiger partial charge in [0.2, 0.25) is 0 Å². The summed E-state index contributed by atoms with van der Waals surface area (Å²) < 4.78 is 0. The quantitative estimate of drug-likeness (QED) is 0.787. The molecule has 2 heteroatoms. The van der Waals surface area contributed by atoms with Crippen molar-refractivity contribution in [1.29, 1.82) is 0 Å². The van der Waals surface area contributed by atoms with Crippen molar-refractivity contribution in [1.82, 2.24) is 5.32 Å². The van der Waals surface area contributed by atoms with Crippen LogP contribution >= 0.6 is 0 Å². The normalized spacial score (nSPS) is 27.5. The second-order valence-electron chi connectivity index (χ2n) is 7.45. The molecule has 0 heterocycles. The van der Waals surface area contributed by atoms with Crippen LogP contribution in [0.25, 0.3) is 0 Å². The summed E-state index contributed by atoms with van der Waals surface area (Å²) in [5.41, 5.74) is 0.234. The SMILES string of the molecule is CC(C)C1CCC(NC(CCO)C(C)(C)C)CC1. The molecule has 1 aliphatic rings. The number of hydrogen-bond donors (Lipinski definition) is 2. The Balaban J connectivity index is 2.42. The molecule has 1 fully saturated rings. The van der Waals surface area contributed by atoms with E-state index < -0.39 is 0 Å². The highest BCUT2D eigenvalue weighted by Crippen LogP contribution is 2.31. The summed E-state index contributed by atoms with van der Waals surface area (Å²) in [4.78, 5) is 0. The van der Waals surface area contributed by atoms with E-state index in [4.69, 9.17) is 0 Å². The lowest BCUT2D eigenvalue weighted by atomic mass is 9.78. The summed E-state index contributed by atoms with van der Waals surface area (Å²) in [6.45, 7) is 11.8. The minimum Gasteiger partial charge on any atom is -0.396 e. The van der Waals surface area contributed by atoms with Crippen molar-refractivity contribution in [3.63, 3.8) is 0 Å². The van der Waals surface area contributed by atoms with Crippen LogP contribution in [0.5, 0.6) is 0 Å². The number of hydrogen-bond acceptors (Lipinski definition) is 2. The minimum atomic E-state index is 0.234. The molecule has 0 amide bonds. The van der Waals surface area contributed by atoms with Crippen LogP contribution in [-0.2, 0) is 0 Å². The topological polar surface area (TPSA) is 32.3 Å². The van der Waals surface area contributed by atoms with Gasteiger partial charge in [-0.3, -0.25) is 0 Å². The highest BCUT2D eigenvalue weighted by molar-refractivity contribution is 4.86. The first-order valence-electron chi connectivity index (χ1n) is 7.71. The molecule has 1 saturated carbocycles. The van der Waals surface area contributed by atoms with Gasteiger partial charge in [-0.2, -0.15) is 0 Å². The molecule has 18 heavy (non-hydrogen) atoms. The van der Waals surface area contributed by atoms with Gasteiger partial charge < -0.3 is 10.4 Å². The van der Waals surface area contributed by atoms with Crippen molar-refractivity contribution in [3.05, 3.63) is 0 Å². The van der Waals surface area contributed by atoms with E-state index in [1.165, 1.54) is 25.7 Å². The third-order valence-corrected chi connectivity index (χ3v) is 4.61. The first kappa shape index (κ1) is 16.0. The van der Waals surface area contributed by atoms with Crippen LogP contribution in [0.4, 0.5) is 0 Å². The highest BCUT2D eigenvalue weighted by atomic mass is 16.3. The van der Waals surface area contributed by atoms with Crippen LogP contribution in [0.2, 0.25) is 0 Å². The zero-order valence-corrected chi connectivity index (χ0v) is 13.0. The third-order valence-electron chi connectivity index (χ3n) is 4.61. The van der Waals surface area contributed by atoms with Gasteiger partial charge in [-0.05, 0) is 49.4 Å². The third kappa shape index (κ3) is 4.89. The average molecular weight is 255 g/mol.